The molecule has 0 bridgehead atoms. The predicted molar refractivity (Wildman–Crippen MR) is 140 cm³/mol. The van der Waals surface area contributed by atoms with Crippen molar-refractivity contribution in [2.45, 2.75) is 26.0 Å². The number of rotatable bonds is 12. The fourth-order valence-corrected chi connectivity index (χ4v) is 3.74. The van der Waals surface area contributed by atoms with Gasteiger partial charge in [0.2, 0.25) is 0 Å². The molecule has 3 aromatic carbocycles. The standard InChI is InChI=1S/C28H31N3O6/c1-30(17-4-5-18-31(36)26(32)15-16-27(33)34)19-21-11-13-22(14-12-21)20-37-28(35)29-25-10-6-8-23-7-2-3-9-24(23)25/h2-3,6-16,36H,4-5,17-20H2,1H3,(H,29,35)(H,33,34)/b16-15+. The number of hydrogen-bond acceptors (Lipinski definition) is 6. The fraction of sp³-hybridized carbons (Fsp3) is 0.250. The van der Waals surface area contributed by atoms with Crippen LogP contribution in [-0.2, 0) is 27.5 Å². The van der Waals surface area contributed by atoms with Crippen molar-refractivity contribution >= 4 is 34.4 Å². The normalized spacial score (nSPS) is 11.1. The molecule has 0 atom stereocenters. The lowest BCUT2D eigenvalue weighted by atomic mass is 10.1. The molecule has 3 aromatic rings. The van der Waals surface area contributed by atoms with E-state index in [0.717, 1.165) is 40.9 Å². The van der Waals surface area contributed by atoms with Gasteiger partial charge in [-0.2, -0.15) is 0 Å². The van der Waals surface area contributed by atoms with Crippen molar-refractivity contribution in [2.75, 3.05) is 25.5 Å². The molecule has 0 unspecified atom stereocenters. The average molecular weight is 506 g/mol. The molecule has 0 aromatic heterocycles. The summed E-state index contributed by atoms with van der Waals surface area (Å²) in [6.07, 6.45) is 2.32. The maximum Gasteiger partial charge on any atom is 0.411 e. The lowest BCUT2D eigenvalue weighted by molar-refractivity contribution is -0.159. The average Bonchev–Trinajstić information content (AvgIpc) is 2.89. The molecule has 3 N–H and O–H groups in total. The highest BCUT2D eigenvalue weighted by Crippen LogP contribution is 2.23. The highest BCUT2D eigenvalue weighted by molar-refractivity contribution is 6.00. The summed E-state index contributed by atoms with van der Waals surface area (Å²) in [5.41, 5.74) is 2.68. The van der Waals surface area contributed by atoms with Gasteiger partial charge in [-0.3, -0.25) is 15.3 Å². The zero-order chi connectivity index (χ0) is 26.6. The molecular weight excluding hydrogens is 474 g/mol. The number of fused-ring (bicyclic) bond motifs is 1. The molecule has 0 aliphatic rings. The zero-order valence-electron chi connectivity index (χ0n) is 20.7. The third-order valence-electron chi connectivity index (χ3n) is 5.65. The Labute approximate surface area is 215 Å². The van der Waals surface area contributed by atoms with Gasteiger partial charge in [-0.25, -0.2) is 14.7 Å². The molecule has 0 radical (unpaired) electrons. The van der Waals surface area contributed by atoms with E-state index in [1.54, 1.807) is 0 Å². The molecule has 0 fully saturated rings. The SMILES string of the molecule is CN(CCCCN(O)C(=O)/C=C/C(=O)O)Cc1ccc(COC(=O)Nc2cccc3ccccc23)cc1. The van der Waals surface area contributed by atoms with E-state index in [4.69, 9.17) is 9.84 Å². The lowest BCUT2D eigenvalue weighted by Crippen LogP contribution is -2.27. The first-order valence-electron chi connectivity index (χ1n) is 11.9. The minimum absolute atomic E-state index is 0.124. The van der Waals surface area contributed by atoms with E-state index in [9.17, 15) is 19.6 Å². The Morgan fingerprint density at radius 2 is 1.57 bits per heavy atom. The maximum absolute atomic E-state index is 12.3. The maximum atomic E-state index is 12.3. The van der Waals surface area contributed by atoms with E-state index in [-0.39, 0.29) is 13.2 Å². The van der Waals surface area contributed by atoms with Gasteiger partial charge < -0.3 is 14.7 Å². The second-order valence-electron chi connectivity index (χ2n) is 8.62. The largest absolute Gasteiger partial charge is 0.478 e. The summed E-state index contributed by atoms with van der Waals surface area (Å²) in [5.74, 6) is -2.00. The van der Waals surface area contributed by atoms with E-state index >= 15 is 0 Å². The van der Waals surface area contributed by atoms with Crippen LogP contribution in [0.4, 0.5) is 10.5 Å². The highest BCUT2D eigenvalue weighted by Gasteiger charge is 2.09. The second-order valence-corrected chi connectivity index (χ2v) is 8.62. The minimum Gasteiger partial charge on any atom is -0.478 e. The number of carboxylic acids is 1. The smallest absolute Gasteiger partial charge is 0.411 e. The molecule has 194 valence electrons. The number of anilines is 1. The first-order chi connectivity index (χ1) is 17.8. The first kappa shape index (κ1) is 27.4. The van der Waals surface area contributed by atoms with E-state index in [2.05, 4.69) is 10.2 Å². The molecule has 0 aliphatic carbocycles. The number of amides is 2. The highest BCUT2D eigenvalue weighted by atomic mass is 16.5. The summed E-state index contributed by atoms with van der Waals surface area (Å²) >= 11 is 0. The second kappa shape index (κ2) is 13.8. The minimum atomic E-state index is -1.24. The number of benzene rings is 3. The van der Waals surface area contributed by atoms with Crippen LogP contribution in [0.15, 0.2) is 78.9 Å². The molecule has 0 spiro atoms. The molecule has 9 heteroatoms. The van der Waals surface area contributed by atoms with Crippen LogP contribution in [0.1, 0.15) is 24.0 Å². The number of carboxylic acid groups (broad SMARTS) is 1. The third kappa shape index (κ3) is 9.06. The number of nitrogens with one attached hydrogen (secondary N) is 1. The summed E-state index contributed by atoms with van der Waals surface area (Å²) in [5, 5.41) is 23.5. The number of nitrogens with zero attached hydrogens (tertiary/aromatic N) is 2. The summed E-state index contributed by atoms with van der Waals surface area (Å²) in [6, 6.07) is 21.4. The van der Waals surface area contributed by atoms with Crippen molar-refractivity contribution in [1.29, 1.82) is 0 Å². The summed E-state index contributed by atoms with van der Waals surface area (Å²) < 4.78 is 5.39. The topological polar surface area (TPSA) is 119 Å². The molecule has 9 nitrogen and oxygen atoms in total. The Kier molecular flexibility index (Phi) is 10.2. The van der Waals surface area contributed by atoms with Gasteiger partial charge in [0.1, 0.15) is 6.61 Å². The van der Waals surface area contributed by atoms with Gasteiger partial charge in [0.25, 0.3) is 5.91 Å². The molecule has 37 heavy (non-hydrogen) atoms. The Morgan fingerprint density at radius 3 is 2.32 bits per heavy atom. The molecule has 0 heterocycles. The van der Waals surface area contributed by atoms with Gasteiger partial charge in [0, 0.05) is 30.6 Å². The predicted octanol–water partition coefficient (Wildman–Crippen LogP) is 4.66. The van der Waals surface area contributed by atoms with E-state index in [1.165, 1.54) is 0 Å². The van der Waals surface area contributed by atoms with Crippen molar-refractivity contribution in [3.05, 3.63) is 90.0 Å². The number of carbonyl (C=O) groups is 3. The Balaban J connectivity index is 1.36. The van der Waals surface area contributed by atoms with Crippen LogP contribution in [-0.4, -0.2) is 58.4 Å². The Bertz CT molecular complexity index is 1240. The van der Waals surface area contributed by atoms with Crippen LogP contribution in [0, 0.1) is 0 Å². The van der Waals surface area contributed by atoms with Crippen LogP contribution < -0.4 is 5.32 Å². The summed E-state index contributed by atoms with van der Waals surface area (Å²) in [7, 11) is 1.98. The lowest BCUT2D eigenvalue weighted by Gasteiger charge is -2.18. The van der Waals surface area contributed by atoms with Gasteiger partial charge in [0.05, 0.1) is 5.69 Å². The van der Waals surface area contributed by atoms with Crippen LogP contribution in [0.3, 0.4) is 0 Å². The number of hydrogen-bond donors (Lipinski definition) is 3. The fourth-order valence-electron chi connectivity index (χ4n) is 3.74. The van der Waals surface area contributed by atoms with Crippen LogP contribution in [0.25, 0.3) is 10.8 Å². The molecule has 2 amide bonds. The number of aliphatic carboxylic acids is 1. The Morgan fingerprint density at radius 1 is 0.892 bits per heavy atom. The zero-order valence-corrected chi connectivity index (χ0v) is 20.7. The van der Waals surface area contributed by atoms with Gasteiger partial charge in [0.15, 0.2) is 0 Å². The number of ether oxygens (including phenoxy) is 1. The van der Waals surface area contributed by atoms with Crippen molar-refractivity contribution in [1.82, 2.24) is 9.96 Å². The third-order valence-corrected chi connectivity index (χ3v) is 5.65. The molecule has 0 aliphatic heterocycles. The van der Waals surface area contributed by atoms with Gasteiger partial charge in [-0.15, -0.1) is 0 Å². The Hall–Kier alpha value is -4.21. The quantitative estimate of drug-likeness (QED) is 0.142. The van der Waals surface area contributed by atoms with E-state index in [0.29, 0.717) is 29.8 Å². The van der Waals surface area contributed by atoms with Crippen molar-refractivity contribution in [2.24, 2.45) is 0 Å². The summed E-state index contributed by atoms with van der Waals surface area (Å²) in [6.45, 7) is 1.75. The molecule has 3 rings (SSSR count). The number of carbonyl (C=O) groups excluding carboxylic acids is 2. The molecule has 0 saturated heterocycles. The van der Waals surface area contributed by atoms with Crippen molar-refractivity contribution < 1.29 is 29.4 Å². The summed E-state index contributed by atoms with van der Waals surface area (Å²) in [4.78, 5) is 36.4. The molecule has 0 saturated carbocycles. The van der Waals surface area contributed by atoms with Crippen molar-refractivity contribution in [3.63, 3.8) is 0 Å². The van der Waals surface area contributed by atoms with Gasteiger partial charge in [-0.1, -0.05) is 60.7 Å². The van der Waals surface area contributed by atoms with E-state index in [1.807, 2.05) is 73.8 Å². The van der Waals surface area contributed by atoms with Crippen LogP contribution >= 0.6 is 0 Å². The van der Waals surface area contributed by atoms with Gasteiger partial charge >= 0.3 is 12.1 Å². The first-order valence-corrected chi connectivity index (χ1v) is 11.9. The van der Waals surface area contributed by atoms with Crippen molar-refractivity contribution in [3.8, 4) is 0 Å². The van der Waals surface area contributed by atoms with E-state index < -0.39 is 18.0 Å². The monoisotopic (exact) mass is 505 g/mol. The number of hydroxylamine groups is 2. The van der Waals surface area contributed by atoms with Crippen LogP contribution in [0.2, 0.25) is 0 Å². The molecular formula is C28H31N3O6. The van der Waals surface area contributed by atoms with Crippen LogP contribution in [0.5, 0.6) is 0 Å². The van der Waals surface area contributed by atoms with Gasteiger partial charge in [-0.05, 0) is 49.0 Å². The number of unbranched alkanes of at least 4 members (excludes halogenated alkanes) is 1.